The van der Waals surface area contributed by atoms with Crippen molar-refractivity contribution >= 4 is 21.9 Å². The molecule has 0 amide bonds. The van der Waals surface area contributed by atoms with E-state index >= 15 is 0 Å². The molecule has 0 fully saturated rings. The third-order valence-corrected chi connectivity index (χ3v) is 12.8. The summed E-state index contributed by atoms with van der Waals surface area (Å²) in [6.45, 7) is 7.62. The molecule has 0 aliphatic carbocycles. The molecule has 0 saturated heterocycles. The van der Waals surface area contributed by atoms with Crippen molar-refractivity contribution in [2.24, 2.45) is 0 Å². The van der Waals surface area contributed by atoms with Crippen LogP contribution in [0.25, 0.3) is 44.2 Å². The minimum absolute atomic E-state index is 0.0934. The molecule has 0 aliphatic heterocycles. The number of hydrogen-bond donors (Lipinski definition) is 0. The van der Waals surface area contributed by atoms with E-state index in [9.17, 15) is 9.59 Å². The third kappa shape index (κ3) is 16.7. The van der Waals surface area contributed by atoms with E-state index in [1.165, 1.54) is 102 Å². The Kier molecular flexibility index (Phi) is 21.9. The van der Waals surface area contributed by atoms with E-state index in [2.05, 4.69) is 13.8 Å². The highest BCUT2D eigenvalue weighted by Crippen LogP contribution is 2.28. The standard InChI is InChI=1S/C62H74O10/c1-3-5-7-9-11-13-15-17-36-65-49-28-24-47(25-29-49)57-45-71-59-43-53(32-34-55(59)61(57)63)69-40-20-38-67-51-22-19-23-52(42-51)68-39-21-41-70-54-33-35-56-60(44-54)72-46-58(62(56)64)48-26-30-50(31-27-48)66-37-18-16-14-12-10-8-6-4-2/h19,22-35,42-46H,3-18,20-21,36-41H2,1-2H3. The zero-order valence-corrected chi connectivity index (χ0v) is 42.6. The quantitative estimate of drug-likeness (QED) is 0.0361. The Morgan fingerprint density at radius 2 is 0.653 bits per heavy atom. The fourth-order valence-electron chi connectivity index (χ4n) is 8.64. The van der Waals surface area contributed by atoms with Crippen LogP contribution in [0.1, 0.15) is 129 Å². The second kappa shape index (κ2) is 29.6. The number of rotatable bonds is 34. The van der Waals surface area contributed by atoms with Crippen molar-refractivity contribution in [1.29, 1.82) is 0 Å². The molecule has 5 aromatic carbocycles. The minimum atomic E-state index is -0.0934. The molecule has 0 bridgehead atoms. The summed E-state index contributed by atoms with van der Waals surface area (Å²) in [5, 5.41) is 0.993. The van der Waals surface area contributed by atoms with Gasteiger partial charge < -0.3 is 37.3 Å². The van der Waals surface area contributed by atoms with Crippen LogP contribution in [-0.2, 0) is 0 Å². The van der Waals surface area contributed by atoms with Crippen LogP contribution < -0.4 is 39.3 Å². The zero-order valence-electron chi connectivity index (χ0n) is 42.6. The molecule has 0 saturated carbocycles. The molecule has 0 spiro atoms. The molecule has 72 heavy (non-hydrogen) atoms. The molecule has 0 radical (unpaired) electrons. The summed E-state index contributed by atoms with van der Waals surface area (Å²) in [7, 11) is 0. The largest absolute Gasteiger partial charge is 0.494 e. The predicted molar refractivity (Wildman–Crippen MR) is 290 cm³/mol. The molecule has 0 atom stereocenters. The number of hydrogen-bond acceptors (Lipinski definition) is 10. The Bertz CT molecular complexity index is 2600. The molecule has 7 rings (SSSR count). The van der Waals surface area contributed by atoms with Crippen LogP contribution in [0, 0.1) is 0 Å². The lowest BCUT2D eigenvalue weighted by molar-refractivity contribution is 0.240. The van der Waals surface area contributed by atoms with Gasteiger partial charge in [0.2, 0.25) is 0 Å². The molecule has 382 valence electrons. The molecule has 7 aromatic rings. The van der Waals surface area contributed by atoms with E-state index in [4.69, 9.17) is 37.3 Å². The van der Waals surface area contributed by atoms with E-state index in [0.717, 1.165) is 35.5 Å². The van der Waals surface area contributed by atoms with E-state index in [-0.39, 0.29) is 10.9 Å². The van der Waals surface area contributed by atoms with Crippen LogP contribution in [0.2, 0.25) is 0 Å². The topological polar surface area (TPSA) is 116 Å². The molecule has 0 unspecified atom stereocenters. The van der Waals surface area contributed by atoms with Gasteiger partial charge in [0.1, 0.15) is 58.2 Å². The van der Waals surface area contributed by atoms with Crippen LogP contribution >= 0.6 is 0 Å². The summed E-state index contributed by atoms with van der Waals surface area (Å²) in [5.41, 5.74) is 3.33. The Balaban J connectivity index is 0.767. The molecule has 10 heteroatoms. The zero-order chi connectivity index (χ0) is 50.0. The van der Waals surface area contributed by atoms with Crippen molar-refractivity contribution in [3.8, 4) is 56.8 Å². The maximum absolute atomic E-state index is 13.4. The summed E-state index contributed by atoms with van der Waals surface area (Å²) < 4.78 is 47.7. The second-order valence-electron chi connectivity index (χ2n) is 18.5. The lowest BCUT2D eigenvalue weighted by Gasteiger charge is -2.11. The monoisotopic (exact) mass is 979 g/mol. The molecule has 0 N–H and O–H groups in total. The molecule has 2 aromatic heterocycles. The first-order chi connectivity index (χ1) is 35.5. The Labute approximate surface area is 425 Å². The van der Waals surface area contributed by atoms with Crippen LogP contribution in [0.15, 0.2) is 140 Å². The highest BCUT2D eigenvalue weighted by atomic mass is 16.5. The van der Waals surface area contributed by atoms with Gasteiger partial charge >= 0.3 is 0 Å². The van der Waals surface area contributed by atoms with Gasteiger partial charge in [0, 0.05) is 31.0 Å². The smallest absolute Gasteiger partial charge is 0.200 e. The number of benzene rings is 5. The predicted octanol–water partition coefficient (Wildman–Crippen LogP) is 16.0. The van der Waals surface area contributed by atoms with E-state index in [1.54, 1.807) is 36.4 Å². The maximum atomic E-state index is 13.4. The first-order valence-corrected chi connectivity index (χ1v) is 26.7. The first-order valence-electron chi connectivity index (χ1n) is 26.7. The highest BCUT2D eigenvalue weighted by molar-refractivity contribution is 5.83. The minimum Gasteiger partial charge on any atom is -0.494 e. The van der Waals surface area contributed by atoms with Crippen molar-refractivity contribution in [3.05, 3.63) is 142 Å². The lowest BCUT2D eigenvalue weighted by atomic mass is 10.1. The maximum Gasteiger partial charge on any atom is 0.200 e. The van der Waals surface area contributed by atoms with Crippen molar-refractivity contribution in [2.45, 2.75) is 129 Å². The van der Waals surface area contributed by atoms with Gasteiger partial charge in [-0.05, 0) is 84.6 Å². The van der Waals surface area contributed by atoms with Gasteiger partial charge in [-0.15, -0.1) is 0 Å². The van der Waals surface area contributed by atoms with Crippen molar-refractivity contribution < 1.29 is 37.3 Å². The Morgan fingerprint density at radius 3 is 1.04 bits per heavy atom. The average Bonchev–Trinajstić information content (AvgIpc) is 3.40. The van der Waals surface area contributed by atoms with Gasteiger partial charge in [-0.2, -0.15) is 0 Å². The number of unbranched alkanes of at least 4 members (excludes halogenated alkanes) is 14. The summed E-state index contributed by atoms with van der Waals surface area (Å²) in [4.78, 5) is 26.9. The normalized spacial score (nSPS) is 11.2. The van der Waals surface area contributed by atoms with Gasteiger partial charge in [-0.1, -0.05) is 134 Å². The lowest BCUT2D eigenvalue weighted by Crippen LogP contribution is -2.07. The summed E-state index contributed by atoms with van der Waals surface area (Å²) in [6, 6.07) is 33.4. The van der Waals surface area contributed by atoms with Crippen molar-refractivity contribution in [1.82, 2.24) is 0 Å². The second-order valence-corrected chi connectivity index (χ2v) is 18.5. The third-order valence-electron chi connectivity index (χ3n) is 12.8. The van der Waals surface area contributed by atoms with E-state index < -0.39 is 0 Å². The number of ether oxygens (including phenoxy) is 6. The molecular formula is C62H74O10. The van der Waals surface area contributed by atoms with Crippen molar-refractivity contribution in [2.75, 3.05) is 39.6 Å². The summed E-state index contributed by atoms with van der Waals surface area (Å²) in [5.74, 6) is 4.23. The van der Waals surface area contributed by atoms with Crippen molar-refractivity contribution in [3.63, 3.8) is 0 Å². The summed E-state index contributed by atoms with van der Waals surface area (Å²) in [6.07, 6.45) is 24.5. The van der Waals surface area contributed by atoms with Gasteiger partial charge in [0.15, 0.2) is 10.9 Å². The highest BCUT2D eigenvalue weighted by Gasteiger charge is 2.13. The SMILES string of the molecule is CCCCCCCCCCOc1ccc(-c2coc3cc(OCCCOc4cccc(OCCCOc5ccc6c(=O)c(-c7ccc(OCCCCCCCCCC)cc7)coc6c5)c4)ccc3c2=O)cc1. The van der Waals surface area contributed by atoms with Gasteiger partial charge in [0.25, 0.3) is 0 Å². The Morgan fingerprint density at radius 1 is 0.333 bits per heavy atom. The fraction of sp³-hybridized carbons (Fsp3) is 0.419. The number of fused-ring (bicyclic) bond motifs is 2. The molecule has 0 aliphatic rings. The van der Waals surface area contributed by atoms with E-state index in [0.29, 0.717) is 109 Å². The summed E-state index contributed by atoms with van der Waals surface area (Å²) >= 11 is 0. The fourth-order valence-corrected chi connectivity index (χ4v) is 8.64. The Hall–Kier alpha value is -6.68. The molecular weight excluding hydrogens is 905 g/mol. The van der Waals surface area contributed by atoms with Crippen LogP contribution in [0.4, 0.5) is 0 Å². The van der Waals surface area contributed by atoms with Crippen LogP contribution in [-0.4, -0.2) is 39.6 Å². The first kappa shape index (κ1) is 53.1. The van der Waals surface area contributed by atoms with Gasteiger partial charge in [0.05, 0.1) is 61.5 Å². The van der Waals surface area contributed by atoms with Crippen LogP contribution in [0.5, 0.6) is 34.5 Å². The molecule has 10 nitrogen and oxygen atoms in total. The van der Waals surface area contributed by atoms with E-state index in [1.807, 2.05) is 72.8 Å². The van der Waals surface area contributed by atoms with Gasteiger partial charge in [-0.3, -0.25) is 9.59 Å². The van der Waals surface area contributed by atoms with Gasteiger partial charge in [-0.25, -0.2) is 0 Å². The molecule has 2 heterocycles. The van der Waals surface area contributed by atoms with Crippen LogP contribution in [0.3, 0.4) is 0 Å². The average molecular weight is 979 g/mol.